The highest BCUT2D eigenvalue weighted by atomic mass is 16.3. The average Bonchev–Trinajstić information content (AvgIpc) is 2.46. The van der Waals surface area contributed by atoms with Crippen molar-refractivity contribution in [2.45, 2.75) is 51.6 Å². The highest BCUT2D eigenvalue weighted by Gasteiger charge is 2.20. The van der Waals surface area contributed by atoms with Crippen LogP contribution in [0.3, 0.4) is 0 Å². The van der Waals surface area contributed by atoms with Gasteiger partial charge in [0.2, 0.25) is 0 Å². The standard InChI is InChI=1S/C17H28N2O/c1-4-13(2)19(3)11-10-18-17-7-5-6-14-12-15(20)8-9-16(14)17/h8-9,12-13,17-18,20H,4-7,10-11H2,1-3H3. The minimum atomic E-state index is 0.390. The van der Waals surface area contributed by atoms with E-state index in [1.807, 2.05) is 12.1 Å². The molecule has 0 radical (unpaired) electrons. The first kappa shape index (κ1) is 15.3. The normalized spacial score (nSPS) is 19.9. The molecule has 2 N–H and O–H groups in total. The fourth-order valence-electron chi connectivity index (χ4n) is 2.96. The molecule has 0 aromatic heterocycles. The number of aromatic hydroxyl groups is 1. The summed E-state index contributed by atoms with van der Waals surface area (Å²) in [6.45, 7) is 6.61. The average molecular weight is 276 g/mol. The maximum Gasteiger partial charge on any atom is 0.115 e. The van der Waals surface area contributed by atoms with Gasteiger partial charge in [0.25, 0.3) is 0 Å². The predicted octanol–water partition coefficient (Wildman–Crippen LogP) is 3.09. The summed E-state index contributed by atoms with van der Waals surface area (Å²) in [5.74, 6) is 0.390. The predicted molar refractivity (Wildman–Crippen MR) is 84.2 cm³/mol. The Kier molecular flexibility index (Phi) is 5.44. The van der Waals surface area contributed by atoms with Crippen molar-refractivity contribution in [1.29, 1.82) is 0 Å². The lowest BCUT2D eigenvalue weighted by molar-refractivity contribution is 0.246. The first-order chi connectivity index (χ1) is 9.61. The van der Waals surface area contributed by atoms with Crippen molar-refractivity contribution in [2.24, 2.45) is 0 Å². The maximum atomic E-state index is 9.58. The van der Waals surface area contributed by atoms with Crippen LogP contribution in [-0.4, -0.2) is 36.2 Å². The first-order valence-electron chi connectivity index (χ1n) is 7.87. The van der Waals surface area contributed by atoms with E-state index in [0.717, 1.165) is 19.5 Å². The van der Waals surface area contributed by atoms with Crippen molar-refractivity contribution in [3.63, 3.8) is 0 Å². The minimum Gasteiger partial charge on any atom is -0.508 e. The zero-order valence-electron chi connectivity index (χ0n) is 13.0. The van der Waals surface area contributed by atoms with Crippen molar-refractivity contribution in [2.75, 3.05) is 20.1 Å². The lowest BCUT2D eigenvalue weighted by Crippen LogP contribution is -2.36. The molecule has 0 saturated heterocycles. The number of fused-ring (bicyclic) bond motifs is 1. The highest BCUT2D eigenvalue weighted by molar-refractivity contribution is 5.38. The number of nitrogens with one attached hydrogen (secondary N) is 1. The van der Waals surface area contributed by atoms with Crippen molar-refractivity contribution < 1.29 is 5.11 Å². The van der Waals surface area contributed by atoms with Gasteiger partial charge in [-0.1, -0.05) is 13.0 Å². The molecule has 3 nitrogen and oxygen atoms in total. The molecule has 1 aliphatic rings. The molecule has 0 saturated carbocycles. The second-order valence-electron chi connectivity index (χ2n) is 6.02. The van der Waals surface area contributed by atoms with Crippen LogP contribution in [0.2, 0.25) is 0 Å². The van der Waals surface area contributed by atoms with Crippen LogP contribution in [0.1, 0.15) is 50.3 Å². The molecule has 2 unspecified atom stereocenters. The molecule has 2 atom stereocenters. The molecule has 1 aliphatic carbocycles. The van der Waals surface area contributed by atoms with E-state index in [1.54, 1.807) is 0 Å². The van der Waals surface area contributed by atoms with E-state index in [-0.39, 0.29) is 0 Å². The Morgan fingerprint density at radius 2 is 2.25 bits per heavy atom. The summed E-state index contributed by atoms with van der Waals surface area (Å²) >= 11 is 0. The zero-order chi connectivity index (χ0) is 14.5. The number of phenolic OH excluding ortho intramolecular Hbond substituents is 1. The Balaban J connectivity index is 1.89. The number of nitrogens with zero attached hydrogens (tertiary/aromatic N) is 1. The largest absolute Gasteiger partial charge is 0.508 e. The fourth-order valence-corrected chi connectivity index (χ4v) is 2.96. The van der Waals surface area contributed by atoms with Crippen molar-refractivity contribution in [1.82, 2.24) is 10.2 Å². The van der Waals surface area contributed by atoms with E-state index in [2.05, 4.69) is 37.2 Å². The molecule has 112 valence electrons. The van der Waals surface area contributed by atoms with Crippen LogP contribution in [0, 0.1) is 0 Å². The van der Waals surface area contributed by atoms with Crippen LogP contribution < -0.4 is 5.32 Å². The number of hydrogen-bond acceptors (Lipinski definition) is 3. The van der Waals surface area contributed by atoms with E-state index in [0.29, 0.717) is 17.8 Å². The van der Waals surface area contributed by atoms with Crippen LogP contribution in [0.25, 0.3) is 0 Å². The molecule has 3 heteroatoms. The lowest BCUT2D eigenvalue weighted by Gasteiger charge is -2.29. The van der Waals surface area contributed by atoms with E-state index >= 15 is 0 Å². The number of phenols is 1. The van der Waals surface area contributed by atoms with Gasteiger partial charge in [-0.2, -0.15) is 0 Å². The van der Waals surface area contributed by atoms with Crippen LogP contribution in [0.5, 0.6) is 5.75 Å². The quantitative estimate of drug-likeness (QED) is 0.838. The molecule has 2 rings (SSSR count). The smallest absolute Gasteiger partial charge is 0.115 e. The van der Waals surface area contributed by atoms with Crippen molar-refractivity contribution in [3.05, 3.63) is 29.3 Å². The van der Waals surface area contributed by atoms with Gasteiger partial charge in [-0.15, -0.1) is 0 Å². The van der Waals surface area contributed by atoms with Gasteiger partial charge in [-0.05, 0) is 62.9 Å². The minimum absolute atomic E-state index is 0.390. The van der Waals surface area contributed by atoms with Gasteiger partial charge < -0.3 is 15.3 Å². The van der Waals surface area contributed by atoms with Gasteiger partial charge >= 0.3 is 0 Å². The van der Waals surface area contributed by atoms with E-state index < -0.39 is 0 Å². The molecule has 0 amide bonds. The van der Waals surface area contributed by atoms with Crippen molar-refractivity contribution >= 4 is 0 Å². The SMILES string of the molecule is CCC(C)N(C)CCNC1CCCc2cc(O)ccc21. The summed E-state index contributed by atoms with van der Waals surface area (Å²) < 4.78 is 0. The molecule has 0 bridgehead atoms. The van der Waals surface area contributed by atoms with Gasteiger partial charge in [-0.3, -0.25) is 0 Å². The highest BCUT2D eigenvalue weighted by Crippen LogP contribution is 2.31. The summed E-state index contributed by atoms with van der Waals surface area (Å²) in [5, 5.41) is 13.3. The Labute approximate surface area is 123 Å². The summed E-state index contributed by atoms with van der Waals surface area (Å²) in [7, 11) is 2.20. The van der Waals surface area contributed by atoms with Gasteiger partial charge in [0, 0.05) is 25.2 Å². The van der Waals surface area contributed by atoms with E-state index in [9.17, 15) is 5.11 Å². The molecular formula is C17H28N2O. The molecule has 0 fully saturated rings. The monoisotopic (exact) mass is 276 g/mol. The van der Waals surface area contributed by atoms with Gasteiger partial charge in [0.15, 0.2) is 0 Å². The summed E-state index contributed by atoms with van der Waals surface area (Å²) in [6.07, 6.45) is 4.69. The number of hydrogen-bond donors (Lipinski definition) is 2. The van der Waals surface area contributed by atoms with Crippen LogP contribution in [0.15, 0.2) is 18.2 Å². The molecule has 1 aromatic carbocycles. The third kappa shape index (κ3) is 3.74. The van der Waals surface area contributed by atoms with Crippen LogP contribution in [-0.2, 0) is 6.42 Å². The number of benzene rings is 1. The first-order valence-corrected chi connectivity index (χ1v) is 7.87. The van der Waals surface area contributed by atoms with Crippen LogP contribution >= 0.6 is 0 Å². The topological polar surface area (TPSA) is 35.5 Å². The maximum absolute atomic E-state index is 9.58. The molecule has 0 aliphatic heterocycles. The molecule has 1 aromatic rings. The Morgan fingerprint density at radius 1 is 1.45 bits per heavy atom. The third-order valence-corrected chi connectivity index (χ3v) is 4.64. The molecular weight excluding hydrogens is 248 g/mol. The number of aryl methyl sites for hydroxylation is 1. The fraction of sp³-hybridized carbons (Fsp3) is 0.647. The Bertz CT molecular complexity index is 433. The summed E-state index contributed by atoms with van der Waals surface area (Å²) in [5.41, 5.74) is 2.68. The third-order valence-electron chi connectivity index (χ3n) is 4.64. The van der Waals surface area contributed by atoms with Gasteiger partial charge in [0.05, 0.1) is 0 Å². The Hall–Kier alpha value is -1.06. The zero-order valence-corrected chi connectivity index (χ0v) is 13.0. The number of likely N-dealkylation sites (N-methyl/N-ethyl adjacent to an activating group) is 1. The van der Waals surface area contributed by atoms with Gasteiger partial charge in [-0.25, -0.2) is 0 Å². The van der Waals surface area contributed by atoms with E-state index in [1.165, 1.54) is 30.4 Å². The van der Waals surface area contributed by atoms with Crippen LogP contribution in [0.4, 0.5) is 0 Å². The molecule has 0 spiro atoms. The molecule has 0 heterocycles. The number of rotatable bonds is 6. The summed E-state index contributed by atoms with van der Waals surface area (Å²) in [6, 6.07) is 6.91. The van der Waals surface area contributed by atoms with Crippen molar-refractivity contribution in [3.8, 4) is 5.75 Å². The van der Waals surface area contributed by atoms with E-state index in [4.69, 9.17) is 0 Å². The lowest BCUT2D eigenvalue weighted by atomic mass is 9.87. The second-order valence-corrected chi connectivity index (χ2v) is 6.02. The Morgan fingerprint density at radius 3 is 3.00 bits per heavy atom. The second kappa shape index (κ2) is 7.09. The van der Waals surface area contributed by atoms with Gasteiger partial charge in [0.1, 0.15) is 5.75 Å². The summed E-state index contributed by atoms with van der Waals surface area (Å²) in [4.78, 5) is 2.41. The molecule has 20 heavy (non-hydrogen) atoms.